The number of benzene rings is 1. The molecule has 1 heterocycles. The van der Waals surface area contributed by atoms with Crippen LogP contribution in [0.1, 0.15) is 16.7 Å². The smallest absolute Gasteiger partial charge is 0.249 e. The number of carbonyl (C=O) groups excluding carboxylic acids is 1. The summed E-state index contributed by atoms with van der Waals surface area (Å²) in [6, 6.07) is 11.5. The Morgan fingerprint density at radius 3 is 2.74 bits per heavy atom. The average molecular weight is 252 g/mol. The number of aryl methyl sites for hydroxylation is 2. The van der Waals surface area contributed by atoms with Crippen LogP contribution in [0.15, 0.2) is 48.7 Å². The fourth-order valence-electron chi connectivity index (χ4n) is 1.78. The molecule has 0 unspecified atom stereocenters. The highest BCUT2D eigenvalue weighted by atomic mass is 16.1. The zero-order chi connectivity index (χ0) is 13.7. The van der Waals surface area contributed by atoms with Crippen LogP contribution in [0.5, 0.6) is 0 Å². The van der Waals surface area contributed by atoms with E-state index in [9.17, 15) is 4.79 Å². The largest absolute Gasteiger partial charge is 0.307 e. The maximum Gasteiger partial charge on any atom is 0.249 e. The van der Waals surface area contributed by atoms with Gasteiger partial charge in [-0.15, -0.1) is 0 Å². The third kappa shape index (κ3) is 3.78. The standard InChI is InChI=1S/C16H16N2O/c1-12-6-7-14(13(2)11-12)8-9-16(19)18-15-5-3-4-10-17-15/h3-11H,1-2H3,(H,17,18,19). The lowest BCUT2D eigenvalue weighted by molar-refractivity contribution is -0.111. The number of aromatic nitrogens is 1. The number of amides is 1. The first kappa shape index (κ1) is 13.0. The molecular formula is C16H16N2O. The Labute approximate surface area is 113 Å². The summed E-state index contributed by atoms with van der Waals surface area (Å²) >= 11 is 0. The van der Waals surface area contributed by atoms with Crippen LogP contribution in [0, 0.1) is 13.8 Å². The van der Waals surface area contributed by atoms with Crippen LogP contribution in [0.25, 0.3) is 6.08 Å². The van der Waals surface area contributed by atoms with Crippen molar-refractivity contribution in [3.8, 4) is 0 Å². The molecule has 0 aliphatic carbocycles. The molecule has 1 amide bonds. The molecule has 2 aromatic rings. The topological polar surface area (TPSA) is 42.0 Å². The fraction of sp³-hybridized carbons (Fsp3) is 0.125. The van der Waals surface area contributed by atoms with Crippen molar-refractivity contribution in [2.75, 3.05) is 5.32 Å². The van der Waals surface area contributed by atoms with Gasteiger partial charge in [-0.1, -0.05) is 29.8 Å². The van der Waals surface area contributed by atoms with Crippen LogP contribution in [0.2, 0.25) is 0 Å². The van der Waals surface area contributed by atoms with Gasteiger partial charge >= 0.3 is 0 Å². The second-order valence-electron chi connectivity index (χ2n) is 4.40. The normalized spacial score (nSPS) is 10.6. The lowest BCUT2D eigenvalue weighted by atomic mass is 10.1. The summed E-state index contributed by atoms with van der Waals surface area (Å²) in [6.45, 7) is 4.08. The molecule has 0 spiro atoms. The molecule has 0 aliphatic rings. The predicted molar refractivity (Wildman–Crippen MR) is 77.8 cm³/mol. The SMILES string of the molecule is Cc1ccc(C=CC(=O)Nc2ccccn2)c(C)c1. The molecule has 0 radical (unpaired) electrons. The molecule has 1 N–H and O–H groups in total. The Kier molecular flexibility index (Phi) is 4.08. The van der Waals surface area contributed by atoms with Gasteiger partial charge in [0, 0.05) is 12.3 Å². The molecule has 0 bridgehead atoms. The van der Waals surface area contributed by atoms with E-state index in [1.54, 1.807) is 18.3 Å². The Morgan fingerprint density at radius 1 is 1.21 bits per heavy atom. The number of nitrogens with one attached hydrogen (secondary N) is 1. The van der Waals surface area contributed by atoms with Gasteiger partial charge in [-0.25, -0.2) is 4.98 Å². The quantitative estimate of drug-likeness (QED) is 0.851. The molecule has 96 valence electrons. The van der Waals surface area contributed by atoms with Crippen molar-refractivity contribution < 1.29 is 4.79 Å². The van der Waals surface area contributed by atoms with Crippen LogP contribution < -0.4 is 5.32 Å². The highest BCUT2D eigenvalue weighted by Gasteiger charge is 1.99. The van der Waals surface area contributed by atoms with E-state index in [-0.39, 0.29) is 5.91 Å². The molecule has 2 rings (SSSR count). The third-order valence-electron chi connectivity index (χ3n) is 2.76. The number of nitrogens with zero attached hydrogens (tertiary/aromatic N) is 1. The summed E-state index contributed by atoms with van der Waals surface area (Å²) in [5.41, 5.74) is 3.41. The number of rotatable bonds is 3. The Hall–Kier alpha value is -2.42. The van der Waals surface area contributed by atoms with E-state index in [0.29, 0.717) is 5.82 Å². The molecule has 0 saturated carbocycles. The second-order valence-corrected chi connectivity index (χ2v) is 4.40. The number of anilines is 1. The zero-order valence-corrected chi connectivity index (χ0v) is 11.1. The van der Waals surface area contributed by atoms with E-state index in [1.807, 2.05) is 38.1 Å². The molecular weight excluding hydrogens is 236 g/mol. The summed E-state index contributed by atoms with van der Waals surface area (Å²) < 4.78 is 0. The molecule has 0 aliphatic heterocycles. The van der Waals surface area contributed by atoms with Gasteiger partial charge in [-0.2, -0.15) is 0 Å². The molecule has 0 atom stereocenters. The van der Waals surface area contributed by atoms with Gasteiger partial charge < -0.3 is 5.32 Å². The number of hydrogen-bond donors (Lipinski definition) is 1. The molecule has 3 heteroatoms. The first-order chi connectivity index (χ1) is 9.15. The minimum atomic E-state index is -0.182. The molecule has 0 saturated heterocycles. The van der Waals surface area contributed by atoms with Crippen molar-refractivity contribution >= 4 is 17.8 Å². The van der Waals surface area contributed by atoms with E-state index in [4.69, 9.17) is 0 Å². The van der Waals surface area contributed by atoms with Crippen molar-refractivity contribution in [2.24, 2.45) is 0 Å². The van der Waals surface area contributed by atoms with Crippen LogP contribution in [-0.2, 0) is 4.79 Å². The van der Waals surface area contributed by atoms with E-state index < -0.39 is 0 Å². The number of pyridine rings is 1. The van der Waals surface area contributed by atoms with Gasteiger partial charge in [-0.05, 0) is 43.2 Å². The van der Waals surface area contributed by atoms with Crippen molar-refractivity contribution in [1.82, 2.24) is 4.98 Å². The van der Waals surface area contributed by atoms with Crippen LogP contribution in [0.3, 0.4) is 0 Å². The molecule has 1 aromatic carbocycles. The predicted octanol–water partition coefficient (Wildman–Crippen LogP) is 3.35. The summed E-state index contributed by atoms with van der Waals surface area (Å²) in [4.78, 5) is 15.8. The first-order valence-corrected chi connectivity index (χ1v) is 6.12. The van der Waals surface area contributed by atoms with Crippen molar-refractivity contribution in [1.29, 1.82) is 0 Å². The summed E-state index contributed by atoms with van der Waals surface area (Å²) in [7, 11) is 0. The minimum absolute atomic E-state index is 0.182. The number of hydrogen-bond acceptors (Lipinski definition) is 2. The van der Waals surface area contributed by atoms with Crippen molar-refractivity contribution in [3.05, 3.63) is 65.4 Å². The monoisotopic (exact) mass is 252 g/mol. The van der Waals surface area contributed by atoms with Gasteiger partial charge in [0.15, 0.2) is 0 Å². The van der Waals surface area contributed by atoms with E-state index in [2.05, 4.69) is 16.4 Å². The molecule has 0 fully saturated rings. The summed E-state index contributed by atoms with van der Waals surface area (Å²) in [5, 5.41) is 2.71. The Bertz CT molecular complexity index is 603. The fourth-order valence-corrected chi connectivity index (χ4v) is 1.78. The highest BCUT2D eigenvalue weighted by Crippen LogP contribution is 2.12. The zero-order valence-electron chi connectivity index (χ0n) is 11.1. The van der Waals surface area contributed by atoms with Gasteiger partial charge in [0.2, 0.25) is 5.91 Å². The average Bonchev–Trinajstić information content (AvgIpc) is 2.39. The van der Waals surface area contributed by atoms with Gasteiger partial charge in [0.25, 0.3) is 0 Å². The van der Waals surface area contributed by atoms with E-state index in [0.717, 1.165) is 11.1 Å². The molecule has 1 aromatic heterocycles. The van der Waals surface area contributed by atoms with Gasteiger partial charge in [-0.3, -0.25) is 4.79 Å². The Balaban J connectivity index is 2.04. The lowest BCUT2D eigenvalue weighted by Crippen LogP contribution is -2.08. The van der Waals surface area contributed by atoms with Crippen LogP contribution >= 0.6 is 0 Å². The molecule has 19 heavy (non-hydrogen) atoms. The van der Waals surface area contributed by atoms with Gasteiger partial charge in [0.1, 0.15) is 5.82 Å². The summed E-state index contributed by atoms with van der Waals surface area (Å²) in [5.74, 6) is 0.372. The second kappa shape index (κ2) is 5.96. The highest BCUT2D eigenvalue weighted by molar-refractivity contribution is 6.01. The van der Waals surface area contributed by atoms with Gasteiger partial charge in [0.05, 0.1) is 0 Å². The molecule has 3 nitrogen and oxygen atoms in total. The van der Waals surface area contributed by atoms with Crippen LogP contribution in [0.4, 0.5) is 5.82 Å². The van der Waals surface area contributed by atoms with Crippen molar-refractivity contribution in [2.45, 2.75) is 13.8 Å². The third-order valence-corrected chi connectivity index (χ3v) is 2.76. The lowest BCUT2D eigenvalue weighted by Gasteiger charge is -2.02. The maximum atomic E-state index is 11.7. The van der Waals surface area contributed by atoms with E-state index >= 15 is 0 Å². The maximum absolute atomic E-state index is 11.7. The first-order valence-electron chi connectivity index (χ1n) is 6.12. The summed E-state index contributed by atoms with van der Waals surface area (Å²) in [6.07, 6.45) is 4.98. The van der Waals surface area contributed by atoms with E-state index in [1.165, 1.54) is 11.6 Å². The minimum Gasteiger partial charge on any atom is -0.307 e. The number of carbonyl (C=O) groups is 1. The van der Waals surface area contributed by atoms with Crippen LogP contribution in [-0.4, -0.2) is 10.9 Å². The van der Waals surface area contributed by atoms with Crippen molar-refractivity contribution in [3.63, 3.8) is 0 Å². The Morgan fingerprint density at radius 2 is 2.05 bits per heavy atom.